The van der Waals surface area contributed by atoms with Crippen LogP contribution in [0, 0.1) is 0 Å². The third kappa shape index (κ3) is 6.99. The molecule has 1 aliphatic heterocycles. The molecule has 2 rings (SSSR count). The van der Waals surface area contributed by atoms with Crippen molar-refractivity contribution in [3.05, 3.63) is 24.3 Å². The monoisotopic (exact) mass is 376 g/mol. The molecule has 1 atom stereocenters. The molecule has 0 aromatic heterocycles. The second-order valence-corrected chi connectivity index (χ2v) is 6.63. The van der Waals surface area contributed by atoms with Crippen LogP contribution in [0.3, 0.4) is 0 Å². The maximum absolute atomic E-state index is 12.4. The van der Waals surface area contributed by atoms with E-state index < -0.39 is 0 Å². The number of benzene rings is 1. The molecule has 0 aliphatic carbocycles. The molecule has 2 N–H and O–H groups in total. The zero-order valence-electron chi connectivity index (χ0n) is 16.2. The fraction of sp³-hybridized carbons (Fsp3) is 0.526. The van der Waals surface area contributed by atoms with Gasteiger partial charge in [0.25, 0.3) is 0 Å². The SMILES string of the molecule is CCN(CC(=O)Nc1ccc(NC(C)=O)cc1)CC(=O)N1CCO[C@H](C)C1. The van der Waals surface area contributed by atoms with Gasteiger partial charge in [0.15, 0.2) is 0 Å². The number of hydrogen-bond acceptors (Lipinski definition) is 5. The Morgan fingerprint density at radius 2 is 1.78 bits per heavy atom. The largest absolute Gasteiger partial charge is 0.375 e. The molecular weight excluding hydrogens is 348 g/mol. The van der Waals surface area contributed by atoms with E-state index in [1.165, 1.54) is 6.92 Å². The van der Waals surface area contributed by atoms with Crippen LogP contribution >= 0.6 is 0 Å². The first kappa shape index (κ1) is 20.9. The van der Waals surface area contributed by atoms with E-state index >= 15 is 0 Å². The number of rotatable bonds is 7. The maximum Gasteiger partial charge on any atom is 0.238 e. The highest BCUT2D eigenvalue weighted by Crippen LogP contribution is 2.13. The number of likely N-dealkylation sites (N-methyl/N-ethyl adjacent to an activating group) is 1. The van der Waals surface area contributed by atoms with Gasteiger partial charge in [-0.05, 0) is 37.7 Å². The van der Waals surface area contributed by atoms with Gasteiger partial charge in [0.05, 0.1) is 25.8 Å². The molecule has 148 valence electrons. The van der Waals surface area contributed by atoms with Crippen LogP contribution in [0.4, 0.5) is 11.4 Å². The topological polar surface area (TPSA) is 91.0 Å². The van der Waals surface area contributed by atoms with Crippen molar-refractivity contribution in [3.8, 4) is 0 Å². The minimum Gasteiger partial charge on any atom is -0.375 e. The molecule has 8 heteroatoms. The molecule has 8 nitrogen and oxygen atoms in total. The Morgan fingerprint density at radius 3 is 2.33 bits per heavy atom. The number of nitrogens with zero attached hydrogens (tertiary/aromatic N) is 2. The molecule has 27 heavy (non-hydrogen) atoms. The number of anilines is 2. The van der Waals surface area contributed by atoms with Crippen LogP contribution in [-0.4, -0.2) is 73.0 Å². The van der Waals surface area contributed by atoms with Crippen molar-refractivity contribution in [2.24, 2.45) is 0 Å². The van der Waals surface area contributed by atoms with Crippen molar-refractivity contribution in [2.75, 3.05) is 50.0 Å². The lowest BCUT2D eigenvalue weighted by atomic mass is 10.2. The zero-order chi connectivity index (χ0) is 19.8. The predicted molar refractivity (Wildman–Crippen MR) is 103 cm³/mol. The molecule has 0 spiro atoms. The lowest BCUT2D eigenvalue weighted by Gasteiger charge is -2.32. The van der Waals surface area contributed by atoms with Crippen molar-refractivity contribution in [3.63, 3.8) is 0 Å². The number of amides is 3. The minimum atomic E-state index is -0.188. The van der Waals surface area contributed by atoms with Gasteiger partial charge in [-0.3, -0.25) is 19.3 Å². The molecule has 1 aromatic rings. The van der Waals surface area contributed by atoms with Gasteiger partial charge in [-0.1, -0.05) is 6.92 Å². The molecule has 1 saturated heterocycles. The standard InChI is InChI=1S/C19H28N4O4/c1-4-22(13-19(26)23-9-10-27-14(2)11-23)12-18(25)21-17-7-5-16(6-8-17)20-15(3)24/h5-8,14H,4,9-13H2,1-3H3,(H,20,24)(H,21,25)/t14-/m1/s1. The highest BCUT2D eigenvalue weighted by atomic mass is 16.5. The molecule has 3 amide bonds. The van der Waals surface area contributed by atoms with E-state index in [0.29, 0.717) is 37.6 Å². The van der Waals surface area contributed by atoms with E-state index in [2.05, 4.69) is 10.6 Å². The first-order chi connectivity index (χ1) is 12.9. The summed E-state index contributed by atoms with van der Waals surface area (Å²) < 4.78 is 5.46. The van der Waals surface area contributed by atoms with Gasteiger partial charge < -0.3 is 20.3 Å². The molecule has 0 saturated carbocycles. The third-order valence-electron chi connectivity index (χ3n) is 4.26. The number of carbonyl (C=O) groups is 3. The van der Waals surface area contributed by atoms with Crippen molar-refractivity contribution < 1.29 is 19.1 Å². The lowest BCUT2D eigenvalue weighted by molar-refractivity contribution is -0.139. The lowest BCUT2D eigenvalue weighted by Crippen LogP contribution is -2.49. The highest BCUT2D eigenvalue weighted by Gasteiger charge is 2.23. The van der Waals surface area contributed by atoms with Gasteiger partial charge in [0, 0.05) is 31.4 Å². The third-order valence-corrected chi connectivity index (χ3v) is 4.26. The second kappa shape index (κ2) is 10.0. The van der Waals surface area contributed by atoms with E-state index in [1.807, 2.05) is 18.7 Å². The Hall–Kier alpha value is -2.45. The quantitative estimate of drug-likeness (QED) is 0.745. The van der Waals surface area contributed by atoms with Crippen LogP contribution in [-0.2, 0) is 19.1 Å². The average molecular weight is 376 g/mol. The molecule has 1 aromatic carbocycles. The van der Waals surface area contributed by atoms with Crippen LogP contribution in [0.1, 0.15) is 20.8 Å². The molecule has 0 unspecified atom stereocenters. The Morgan fingerprint density at radius 1 is 1.15 bits per heavy atom. The minimum absolute atomic E-state index is 0.0134. The fourth-order valence-electron chi connectivity index (χ4n) is 2.86. The van der Waals surface area contributed by atoms with E-state index in [9.17, 15) is 14.4 Å². The maximum atomic E-state index is 12.4. The number of morpholine rings is 1. The molecule has 1 aliphatic rings. The summed E-state index contributed by atoms with van der Waals surface area (Å²) in [4.78, 5) is 39.4. The average Bonchev–Trinajstić information content (AvgIpc) is 2.62. The van der Waals surface area contributed by atoms with Crippen molar-refractivity contribution in [1.82, 2.24) is 9.80 Å². The summed E-state index contributed by atoms with van der Waals surface area (Å²) in [5, 5.41) is 5.48. The number of hydrogen-bond donors (Lipinski definition) is 2. The normalized spacial score (nSPS) is 16.9. The Labute approximate surface area is 159 Å². The van der Waals surface area contributed by atoms with Crippen molar-refractivity contribution in [2.45, 2.75) is 26.9 Å². The molecule has 0 bridgehead atoms. The smallest absolute Gasteiger partial charge is 0.238 e. The number of carbonyl (C=O) groups excluding carboxylic acids is 3. The van der Waals surface area contributed by atoms with Gasteiger partial charge in [-0.25, -0.2) is 0 Å². The van der Waals surface area contributed by atoms with Crippen molar-refractivity contribution >= 4 is 29.1 Å². The van der Waals surface area contributed by atoms with Crippen LogP contribution in [0.5, 0.6) is 0 Å². The summed E-state index contributed by atoms with van der Waals surface area (Å²) in [7, 11) is 0. The summed E-state index contributed by atoms with van der Waals surface area (Å²) in [5.74, 6) is -0.323. The summed E-state index contributed by atoms with van der Waals surface area (Å²) >= 11 is 0. The van der Waals surface area contributed by atoms with Crippen LogP contribution < -0.4 is 10.6 Å². The first-order valence-electron chi connectivity index (χ1n) is 9.16. The second-order valence-electron chi connectivity index (χ2n) is 6.63. The van der Waals surface area contributed by atoms with Crippen LogP contribution in [0.2, 0.25) is 0 Å². The van der Waals surface area contributed by atoms with E-state index in [4.69, 9.17) is 4.74 Å². The molecule has 1 fully saturated rings. The summed E-state index contributed by atoms with van der Waals surface area (Å²) in [6.45, 7) is 7.97. The Balaban J connectivity index is 1.83. The van der Waals surface area contributed by atoms with E-state index in [1.54, 1.807) is 29.2 Å². The van der Waals surface area contributed by atoms with Crippen molar-refractivity contribution in [1.29, 1.82) is 0 Å². The van der Waals surface area contributed by atoms with E-state index in [0.717, 1.165) is 0 Å². The van der Waals surface area contributed by atoms with Crippen LogP contribution in [0.15, 0.2) is 24.3 Å². The van der Waals surface area contributed by atoms with Gasteiger partial charge >= 0.3 is 0 Å². The summed E-state index contributed by atoms with van der Waals surface area (Å²) in [5.41, 5.74) is 1.31. The van der Waals surface area contributed by atoms with Crippen LogP contribution in [0.25, 0.3) is 0 Å². The molecule has 1 heterocycles. The van der Waals surface area contributed by atoms with Gasteiger partial charge in [0.2, 0.25) is 17.7 Å². The molecular formula is C19H28N4O4. The van der Waals surface area contributed by atoms with Gasteiger partial charge in [0.1, 0.15) is 0 Å². The Bertz CT molecular complexity index is 662. The summed E-state index contributed by atoms with van der Waals surface area (Å²) in [6, 6.07) is 6.88. The predicted octanol–water partition coefficient (Wildman–Crippen LogP) is 1.15. The van der Waals surface area contributed by atoms with Gasteiger partial charge in [-0.2, -0.15) is 0 Å². The fourth-order valence-corrected chi connectivity index (χ4v) is 2.86. The Kier molecular flexibility index (Phi) is 7.75. The van der Waals surface area contributed by atoms with Gasteiger partial charge in [-0.15, -0.1) is 0 Å². The number of nitrogens with one attached hydrogen (secondary N) is 2. The summed E-state index contributed by atoms with van der Waals surface area (Å²) in [6.07, 6.45) is 0.0431. The van der Waals surface area contributed by atoms with E-state index in [-0.39, 0.29) is 36.9 Å². The zero-order valence-corrected chi connectivity index (χ0v) is 16.2. The first-order valence-corrected chi connectivity index (χ1v) is 9.16. The molecule has 0 radical (unpaired) electrons. The number of ether oxygens (including phenoxy) is 1. The highest BCUT2D eigenvalue weighted by molar-refractivity contribution is 5.93.